The van der Waals surface area contributed by atoms with Crippen LogP contribution in [0.25, 0.3) is 33.4 Å². The van der Waals surface area contributed by atoms with Gasteiger partial charge in [0.1, 0.15) is 17.1 Å². The zero-order valence-electron chi connectivity index (χ0n) is 17.1. The monoisotopic (exact) mass is 446 g/mol. The third-order valence-electron chi connectivity index (χ3n) is 5.01. The Hall–Kier alpha value is -2.96. The smallest absolute Gasteiger partial charge is 0.160 e. The number of rotatable bonds is 5. The van der Waals surface area contributed by atoms with E-state index in [0.717, 1.165) is 33.0 Å². The lowest BCUT2D eigenvalue weighted by atomic mass is 9.94. The molecule has 0 unspecified atom stereocenters. The first-order valence-electron chi connectivity index (χ1n) is 10.1. The van der Waals surface area contributed by atoms with Gasteiger partial charge in [-0.15, -0.1) is 0 Å². The Morgan fingerprint density at radius 3 is 2.68 bits per heavy atom. The summed E-state index contributed by atoms with van der Waals surface area (Å²) in [5.41, 5.74) is 10.6. The van der Waals surface area contributed by atoms with Gasteiger partial charge in [-0.3, -0.25) is 4.79 Å². The van der Waals surface area contributed by atoms with E-state index in [2.05, 4.69) is 17.1 Å². The van der Waals surface area contributed by atoms with E-state index in [0.29, 0.717) is 34.4 Å². The zero-order chi connectivity index (χ0) is 21.8. The first-order valence-corrected chi connectivity index (χ1v) is 11.5. The second kappa shape index (κ2) is 9.45. The minimum absolute atomic E-state index is 0.236. The molecule has 1 aliphatic heterocycles. The molecule has 6 heteroatoms. The molecule has 2 aromatic rings. The number of thiocarbonyl (C=S) groups is 1. The number of Topliss-reactive ketones (excluding diaryl/α,β-unsaturated/α-hetero) is 1. The lowest BCUT2D eigenvalue weighted by Crippen LogP contribution is -2.06. The molecule has 2 aliphatic rings. The van der Waals surface area contributed by atoms with Crippen molar-refractivity contribution in [2.24, 2.45) is 4.99 Å². The standard InChI is InChI=1S/C25H22N2O2S2/c1-2-19(28)12-13-31-25(30)27-18-9-11-21-23(15-18)29-22-14-17(26)8-10-20(22)24(21)16-6-4-3-5-7-16/h3-11,14-15H,2,12-13,26H2,1H3/b27-18-. The quantitative estimate of drug-likeness (QED) is 0.229. The third kappa shape index (κ3) is 4.86. The highest BCUT2D eigenvalue weighted by atomic mass is 32.2. The molecule has 0 amide bonds. The summed E-state index contributed by atoms with van der Waals surface area (Å²) in [5, 5.41) is 1.72. The number of nitrogen functional groups attached to an aromatic ring is 1. The number of hydrogen-bond donors (Lipinski definition) is 1. The molecule has 2 aromatic carbocycles. The van der Waals surface area contributed by atoms with Crippen LogP contribution in [0.5, 0.6) is 0 Å². The Kier molecular flexibility index (Phi) is 6.49. The molecule has 0 saturated carbocycles. The maximum Gasteiger partial charge on any atom is 0.160 e. The fourth-order valence-corrected chi connectivity index (χ4v) is 4.48. The molecule has 0 fully saturated rings. The van der Waals surface area contributed by atoms with Crippen LogP contribution in [-0.2, 0) is 4.79 Å². The van der Waals surface area contributed by atoms with Crippen LogP contribution >= 0.6 is 24.0 Å². The van der Waals surface area contributed by atoms with Crippen molar-refractivity contribution in [3.05, 3.63) is 72.1 Å². The largest absolute Gasteiger partial charge is 0.456 e. The van der Waals surface area contributed by atoms with Gasteiger partial charge in [0.05, 0.1) is 5.36 Å². The van der Waals surface area contributed by atoms with Gasteiger partial charge >= 0.3 is 0 Å². The van der Waals surface area contributed by atoms with E-state index in [1.807, 2.05) is 61.5 Å². The number of carbonyl (C=O) groups is 1. The topological polar surface area (TPSA) is 68.6 Å². The summed E-state index contributed by atoms with van der Waals surface area (Å²) < 4.78 is 6.71. The molecule has 4 rings (SSSR count). The van der Waals surface area contributed by atoms with Crippen LogP contribution in [-0.4, -0.2) is 15.9 Å². The first-order chi connectivity index (χ1) is 15.0. The van der Waals surface area contributed by atoms with Crippen LogP contribution in [0.1, 0.15) is 19.8 Å². The molecular weight excluding hydrogens is 424 g/mol. The number of ketones is 1. The maximum absolute atomic E-state index is 11.5. The summed E-state index contributed by atoms with van der Waals surface area (Å²) in [6.07, 6.45) is 1.07. The Bertz CT molecular complexity index is 1300. The Morgan fingerprint density at radius 2 is 1.90 bits per heavy atom. The summed E-state index contributed by atoms with van der Waals surface area (Å²) in [5.74, 6) is 1.60. The lowest BCUT2D eigenvalue weighted by Gasteiger charge is -2.15. The molecule has 0 radical (unpaired) electrons. The van der Waals surface area contributed by atoms with Crippen molar-refractivity contribution in [2.75, 3.05) is 11.5 Å². The van der Waals surface area contributed by atoms with Gasteiger partial charge in [0.2, 0.25) is 0 Å². The number of nitrogens with two attached hydrogens (primary N) is 1. The van der Waals surface area contributed by atoms with E-state index in [4.69, 9.17) is 22.4 Å². The van der Waals surface area contributed by atoms with E-state index in [1.165, 1.54) is 11.8 Å². The number of fused-ring (bicyclic) bond motifs is 2. The molecule has 31 heavy (non-hydrogen) atoms. The highest BCUT2D eigenvalue weighted by Crippen LogP contribution is 2.40. The minimum atomic E-state index is 0.236. The summed E-state index contributed by atoms with van der Waals surface area (Å²) in [6, 6.07) is 21.8. The molecule has 156 valence electrons. The average molecular weight is 447 g/mol. The van der Waals surface area contributed by atoms with E-state index in [9.17, 15) is 4.79 Å². The Morgan fingerprint density at radius 1 is 1.10 bits per heavy atom. The van der Waals surface area contributed by atoms with Crippen molar-refractivity contribution < 1.29 is 9.21 Å². The summed E-state index contributed by atoms with van der Waals surface area (Å²) in [7, 11) is 0. The predicted molar refractivity (Wildman–Crippen MR) is 133 cm³/mol. The van der Waals surface area contributed by atoms with Crippen molar-refractivity contribution in [3.63, 3.8) is 0 Å². The van der Waals surface area contributed by atoms with Crippen molar-refractivity contribution in [1.82, 2.24) is 0 Å². The van der Waals surface area contributed by atoms with E-state index in [-0.39, 0.29) is 5.78 Å². The summed E-state index contributed by atoms with van der Waals surface area (Å²) in [6.45, 7) is 1.87. The van der Waals surface area contributed by atoms with E-state index >= 15 is 0 Å². The fourth-order valence-electron chi connectivity index (χ4n) is 3.45. The highest BCUT2D eigenvalue weighted by Gasteiger charge is 2.17. The van der Waals surface area contributed by atoms with Gasteiger partial charge in [-0.05, 0) is 29.8 Å². The molecule has 2 N–H and O–H groups in total. The van der Waals surface area contributed by atoms with Crippen LogP contribution in [0.4, 0.5) is 5.69 Å². The number of benzene rings is 3. The minimum Gasteiger partial charge on any atom is -0.456 e. The van der Waals surface area contributed by atoms with Gasteiger partial charge in [0.25, 0.3) is 0 Å². The van der Waals surface area contributed by atoms with Gasteiger partial charge in [0.15, 0.2) is 4.32 Å². The number of thioether (sulfide) groups is 1. The molecule has 0 atom stereocenters. The first kappa shape index (κ1) is 21.3. The fraction of sp³-hybridized carbons (Fsp3) is 0.160. The molecule has 0 aromatic heterocycles. The van der Waals surface area contributed by atoms with Crippen LogP contribution in [0.2, 0.25) is 0 Å². The SMILES string of the molecule is CCC(=O)CCSC(=S)/N=c1/ccc2c(-c3ccccc3)c3ccc(N)cc3oc-2c1. The Balaban J connectivity index is 1.78. The molecule has 0 saturated heterocycles. The van der Waals surface area contributed by atoms with E-state index < -0.39 is 0 Å². The van der Waals surface area contributed by atoms with Crippen LogP contribution in [0.15, 0.2) is 76.1 Å². The molecule has 1 heterocycles. The van der Waals surface area contributed by atoms with Gasteiger partial charge in [-0.2, -0.15) is 0 Å². The summed E-state index contributed by atoms with van der Waals surface area (Å²) >= 11 is 6.80. The van der Waals surface area contributed by atoms with Crippen molar-refractivity contribution in [2.45, 2.75) is 19.8 Å². The second-order valence-corrected chi connectivity index (χ2v) is 8.88. The predicted octanol–water partition coefficient (Wildman–Crippen LogP) is 6.07. The lowest BCUT2D eigenvalue weighted by molar-refractivity contribution is -0.118. The van der Waals surface area contributed by atoms with Crippen LogP contribution in [0, 0.1) is 0 Å². The number of carbonyl (C=O) groups excluding carboxylic acids is 1. The van der Waals surface area contributed by atoms with Gasteiger partial charge in [-0.25, -0.2) is 4.99 Å². The number of hydrogen-bond acceptors (Lipinski definition) is 5. The van der Waals surface area contributed by atoms with Crippen LogP contribution < -0.4 is 11.1 Å². The molecule has 0 bridgehead atoms. The zero-order valence-corrected chi connectivity index (χ0v) is 18.8. The molecule has 0 spiro atoms. The second-order valence-electron chi connectivity index (χ2n) is 7.15. The molecule has 4 nitrogen and oxygen atoms in total. The molecular formula is C25H22N2O2S2. The van der Waals surface area contributed by atoms with Crippen molar-refractivity contribution in [1.29, 1.82) is 0 Å². The van der Waals surface area contributed by atoms with Gasteiger partial charge in [0, 0.05) is 52.9 Å². The third-order valence-corrected chi connectivity index (χ3v) is 6.20. The van der Waals surface area contributed by atoms with Crippen LogP contribution in [0.3, 0.4) is 0 Å². The normalized spacial score (nSPS) is 11.8. The molecule has 1 aliphatic carbocycles. The summed E-state index contributed by atoms with van der Waals surface area (Å²) in [4.78, 5) is 16.0. The highest BCUT2D eigenvalue weighted by molar-refractivity contribution is 8.23. The number of anilines is 1. The van der Waals surface area contributed by atoms with Crippen molar-refractivity contribution in [3.8, 4) is 22.5 Å². The average Bonchev–Trinajstić information content (AvgIpc) is 2.77. The number of nitrogens with zero attached hydrogens (tertiary/aromatic N) is 1. The maximum atomic E-state index is 11.5. The Labute approximate surface area is 190 Å². The van der Waals surface area contributed by atoms with Gasteiger partial charge < -0.3 is 10.2 Å². The van der Waals surface area contributed by atoms with E-state index in [1.54, 1.807) is 0 Å². The van der Waals surface area contributed by atoms with Crippen molar-refractivity contribution >= 4 is 50.7 Å². The van der Waals surface area contributed by atoms with Gasteiger partial charge in [-0.1, -0.05) is 61.2 Å².